The molecular formula is C13H13BrN4O2S2. The minimum absolute atomic E-state index is 0.227. The number of hydrogen-bond donors (Lipinski definition) is 1. The largest absolute Gasteiger partial charge is 0.448 e. The van der Waals surface area contributed by atoms with Crippen molar-refractivity contribution in [3.05, 3.63) is 28.7 Å². The highest BCUT2D eigenvalue weighted by atomic mass is 79.9. The molecule has 1 aromatic heterocycles. The van der Waals surface area contributed by atoms with Gasteiger partial charge in [0.2, 0.25) is 5.13 Å². The van der Waals surface area contributed by atoms with E-state index >= 15 is 0 Å². The van der Waals surface area contributed by atoms with E-state index in [-0.39, 0.29) is 6.09 Å². The summed E-state index contributed by atoms with van der Waals surface area (Å²) in [7, 11) is 0. The molecule has 0 saturated carbocycles. The number of aromatic nitrogens is 2. The van der Waals surface area contributed by atoms with Gasteiger partial charge in [-0.15, -0.1) is 10.2 Å². The van der Waals surface area contributed by atoms with Crippen molar-refractivity contribution in [2.45, 2.75) is 4.34 Å². The van der Waals surface area contributed by atoms with Gasteiger partial charge in [-0.2, -0.15) is 0 Å². The Balaban J connectivity index is 1.49. The number of carbonyl (C=O) groups is 1. The van der Waals surface area contributed by atoms with Crippen molar-refractivity contribution in [1.82, 2.24) is 15.1 Å². The Hall–Kier alpha value is -1.32. The van der Waals surface area contributed by atoms with E-state index in [1.165, 1.54) is 11.3 Å². The zero-order valence-electron chi connectivity index (χ0n) is 11.5. The zero-order chi connectivity index (χ0) is 15.4. The molecule has 0 atom stereocenters. The molecule has 116 valence electrons. The van der Waals surface area contributed by atoms with Gasteiger partial charge in [0.05, 0.1) is 6.54 Å². The maximum absolute atomic E-state index is 11.3. The lowest BCUT2D eigenvalue weighted by Crippen LogP contribution is -2.26. The topological polar surface area (TPSA) is 67.3 Å². The molecule has 0 radical (unpaired) electrons. The van der Waals surface area contributed by atoms with E-state index in [0.29, 0.717) is 19.7 Å². The summed E-state index contributed by atoms with van der Waals surface area (Å²) in [5.74, 6) is 0.778. The molecule has 1 fully saturated rings. The number of cyclic esters (lactones) is 1. The lowest BCUT2D eigenvalue weighted by Gasteiger charge is -2.10. The molecule has 0 unspecified atom stereocenters. The average Bonchev–Trinajstić information content (AvgIpc) is 3.09. The van der Waals surface area contributed by atoms with Crippen molar-refractivity contribution in [3.63, 3.8) is 0 Å². The SMILES string of the molecule is O=C1OCCN1CCSc1nnc(Nc2cccc(Br)c2)s1. The average molecular weight is 401 g/mol. The van der Waals surface area contributed by atoms with Crippen molar-refractivity contribution in [1.29, 1.82) is 0 Å². The Labute approximate surface area is 144 Å². The highest BCUT2D eigenvalue weighted by Gasteiger charge is 2.21. The lowest BCUT2D eigenvalue weighted by molar-refractivity contribution is 0.160. The van der Waals surface area contributed by atoms with Crippen molar-refractivity contribution in [2.24, 2.45) is 0 Å². The smallest absolute Gasteiger partial charge is 0.409 e. The maximum Gasteiger partial charge on any atom is 0.409 e. The van der Waals surface area contributed by atoms with E-state index in [1.54, 1.807) is 16.7 Å². The summed E-state index contributed by atoms with van der Waals surface area (Å²) in [6.45, 7) is 1.83. The first-order chi connectivity index (χ1) is 10.7. The molecule has 9 heteroatoms. The molecule has 3 rings (SSSR count). The Kier molecular flexibility index (Phi) is 5.16. The van der Waals surface area contributed by atoms with Crippen LogP contribution in [0.1, 0.15) is 0 Å². The van der Waals surface area contributed by atoms with Crippen LogP contribution >= 0.6 is 39.0 Å². The summed E-state index contributed by atoms with van der Waals surface area (Å²) in [6, 6.07) is 7.87. The van der Waals surface area contributed by atoms with Gasteiger partial charge in [0.1, 0.15) is 6.61 Å². The van der Waals surface area contributed by atoms with E-state index in [9.17, 15) is 4.79 Å². The Morgan fingerprint density at radius 3 is 3.14 bits per heavy atom. The first kappa shape index (κ1) is 15.6. The zero-order valence-corrected chi connectivity index (χ0v) is 14.7. The molecule has 6 nitrogen and oxygen atoms in total. The van der Waals surface area contributed by atoms with Crippen molar-refractivity contribution in [3.8, 4) is 0 Å². The quantitative estimate of drug-likeness (QED) is 0.747. The number of rotatable bonds is 6. The first-order valence-electron chi connectivity index (χ1n) is 6.61. The van der Waals surface area contributed by atoms with Gasteiger partial charge >= 0.3 is 6.09 Å². The van der Waals surface area contributed by atoms with Crippen LogP contribution in [0.5, 0.6) is 0 Å². The van der Waals surface area contributed by atoms with Crippen molar-refractivity contribution >= 4 is 55.9 Å². The number of ether oxygens (including phenoxy) is 1. The van der Waals surface area contributed by atoms with Gasteiger partial charge in [-0.25, -0.2) is 4.79 Å². The van der Waals surface area contributed by atoms with E-state index in [2.05, 4.69) is 31.4 Å². The maximum atomic E-state index is 11.3. The highest BCUT2D eigenvalue weighted by molar-refractivity contribution is 9.10. The van der Waals surface area contributed by atoms with Crippen LogP contribution in [0, 0.1) is 0 Å². The van der Waals surface area contributed by atoms with Gasteiger partial charge in [0.25, 0.3) is 0 Å². The van der Waals surface area contributed by atoms with Crippen LogP contribution in [0.25, 0.3) is 0 Å². The molecule has 2 heterocycles. The Morgan fingerprint density at radius 1 is 1.45 bits per heavy atom. The summed E-state index contributed by atoms with van der Waals surface area (Å²) in [5, 5.41) is 12.2. The van der Waals surface area contributed by atoms with E-state index < -0.39 is 0 Å². The molecule has 1 aliphatic rings. The molecule has 1 amide bonds. The fraction of sp³-hybridized carbons (Fsp3) is 0.308. The minimum atomic E-state index is -0.227. The summed E-state index contributed by atoms with van der Waals surface area (Å²) < 4.78 is 6.78. The standard InChI is InChI=1S/C13H13BrN4O2S2/c14-9-2-1-3-10(8-9)15-11-16-17-12(22-11)21-7-5-18-4-6-20-13(18)19/h1-3,8H,4-7H2,(H,15,16). The molecule has 0 aliphatic carbocycles. The molecule has 0 bridgehead atoms. The Bertz CT molecular complexity index is 667. The molecular weight excluding hydrogens is 388 g/mol. The van der Waals surface area contributed by atoms with E-state index in [4.69, 9.17) is 4.74 Å². The minimum Gasteiger partial charge on any atom is -0.448 e. The number of nitrogens with one attached hydrogen (secondary N) is 1. The molecule has 1 aromatic carbocycles. The first-order valence-corrected chi connectivity index (χ1v) is 9.21. The van der Waals surface area contributed by atoms with Gasteiger partial charge in [-0.3, -0.25) is 0 Å². The fourth-order valence-corrected chi connectivity index (χ4v) is 4.08. The number of amides is 1. The van der Waals surface area contributed by atoms with Gasteiger partial charge in [-0.05, 0) is 18.2 Å². The number of nitrogens with zero attached hydrogens (tertiary/aromatic N) is 3. The lowest BCUT2D eigenvalue weighted by atomic mass is 10.3. The predicted octanol–water partition coefficient (Wildman–Crippen LogP) is 3.59. The summed E-state index contributed by atoms with van der Waals surface area (Å²) >= 11 is 6.52. The van der Waals surface area contributed by atoms with Crippen LogP contribution in [0.3, 0.4) is 0 Å². The summed E-state index contributed by atoms with van der Waals surface area (Å²) in [4.78, 5) is 13.0. The van der Waals surface area contributed by atoms with Crippen molar-refractivity contribution < 1.29 is 9.53 Å². The predicted molar refractivity (Wildman–Crippen MR) is 91.0 cm³/mol. The van der Waals surface area contributed by atoms with Gasteiger partial charge in [0.15, 0.2) is 4.34 Å². The molecule has 2 aromatic rings. The van der Waals surface area contributed by atoms with Crippen LogP contribution < -0.4 is 5.32 Å². The molecule has 1 saturated heterocycles. The van der Waals surface area contributed by atoms with Gasteiger partial charge in [-0.1, -0.05) is 45.1 Å². The second-order valence-corrected chi connectivity index (χ2v) is 7.69. The number of hydrogen-bond acceptors (Lipinski definition) is 7. The van der Waals surface area contributed by atoms with E-state index in [0.717, 1.165) is 25.4 Å². The van der Waals surface area contributed by atoms with Crippen LogP contribution in [-0.4, -0.2) is 46.6 Å². The Morgan fingerprint density at radius 2 is 2.36 bits per heavy atom. The van der Waals surface area contributed by atoms with Crippen LogP contribution in [0.2, 0.25) is 0 Å². The second kappa shape index (κ2) is 7.30. The van der Waals surface area contributed by atoms with Crippen molar-refractivity contribution in [2.75, 3.05) is 30.8 Å². The third kappa shape index (κ3) is 4.11. The third-order valence-electron chi connectivity index (χ3n) is 2.91. The molecule has 1 aliphatic heterocycles. The highest BCUT2D eigenvalue weighted by Crippen LogP contribution is 2.28. The molecule has 1 N–H and O–H groups in total. The normalized spacial score (nSPS) is 14.2. The fourth-order valence-electron chi connectivity index (χ4n) is 1.88. The number of thioether (sulfide) groups is 1. The molecule has 22 heavy (non-hydrogen) atoms. The summed E-state index contributed by atoms with van der Waals surface area (Å²) in [6.07, 6.45) is -0.227. The number of halogens is 1. The second-order valence-electron chi connectivity index (χ2n) is 4.46. The van der Waals surface area contributed by atoms with E-state index in [1.807, 2.05) is 24.3 Å². The van der Waals surface area contributed by atoms with Crippen LogP contribution in [0.4, 0.5) is 15.6 Å². The monoisotopic (exact) mass is 400 g/mol. The number of anilines is 2. The molecule has 0 spiro atoms. The summed E-state index contributed by atoms with van der Waals surface area (Å²) in [5.41, 5.74) is 0.960. The van der Waals surface area contributed by atoms with Crippen LogP contribution in [0.15, 0.2) is 33.1 Å². The number of carbonyl (C=O) groups excluding carboxylic acids is 1. The van der Waals surface area contributed by atoms with Gasteiger partial charge < -0.3 is 15.0 Å². The number of benzene rings is 1. The van der Waals surface area contributed by atoms with Gasteiger partial charge in [0, 0.05) is 22.5 Å². The third-order valence-corrected chi connectivity index (χ3v) is 5.36. The van der Waals surface area contributed by atoms with Crippen LogP contribution in [-0.2, 0) is 4.74 Å².